The second-order valence-corrected chi connectivity index (χ2v) is 7.54. The number of allylic oxidation sites excluding steroid dienone is 2. The van der Waals surface area contributed by atoms with Crippen molar-refractivity contribution in [2.45, 2.75) is 38.5 Å². The quantitative estimate of drug-likeness (QED) is 0.238. The fraction of sp³-hybridized carbons (Fsp3) is 0.308. The minimum absolute atomic E-state index is 0.245. The van der Waals surface area contributed by atoms with Gasteiger partial charge in [-0.25, -0.2) is 0 Å². The SMILES string of the molecule is C=CCCCCOc1cccc2c1C(=O)c1c(OCCCCC=C)cc(N)cc1C2=O. The van der Waals surface area contributed by atoms with Crippen LogP contribution in [-0.2, 0) is 0 Å². The molecule has 3 rings (SSSR count). The first-order chi connectivity index (χ1) is 15.1. The van der Waals surface area contributed by atoms with Crippen LogP contribution in [0.4, 0.5) is 5.69 Å². The van der Waals surface area contributed by atoms with E-state index in [1.54, 1.807) is 30.3 Å². The number of rotatable bonds is 12. The molecular weight excluding hydrogens is 390 g/mol. The molecule has 0 amide bonds. The van der Waals surface area contributed by atoms with Crippen molar-refractivity contribution in [1.29, 1.82) is 0 Å². The number of nitrogen functional groups attached to an aromatic ring is 1. The first-order valence-electron chi connectivity index (χ1n) is 10.7. The molecule has 0 heterocycles. The van der Waals surface area contributed by atoms with Gasteiger partial charge in [0.2, 0.25) is 5.78 Å². The van der Waals surface area contributed by atoms with Crippen LogP contribution in [0.3, 0.4) is 0 Å². The Kier molecular flexibility index (Phi) is 7.65. The van der Waals surface area contributed by atoms with Crippen molar-refractivity contribution in [3.05, 3.63) is 77.9 Å². The second-order valence-electron chi connectivity index (χ2n) is 7.54. The van der Waals surface area contributed by atoms with E-state index in [9.17, 15) is 9.59 Å². The number of hydrogen-bond acceptors (Lipinski definition) is 5. The lowest BCUT2D eigenvalue weighted by atomic mass is 9.83. The number of hydrogen-bond donors (Lipinski definition) is 1. The number of carbonyl (C=O) groups is 2. The summed E-state index contributed by atoms with van der Waals surface area (Å²) in [6.07, 6.45) is 9.09. The number of unbranched alkanes of at least 4 members (excludes halogenated alkanes) is 4. The van der Waals surface area contributed by atoms with Gasteiger partial charge in [-0.15, -0.1) is 13.2 Å². The third kappa shape index (κ3) is 5.05. The molecule has 0 aliphatic heterocycles. The summed E-state index contributed by atoms with van der Waals surface area (Å²) in [6, 6.07) is 8.28. The summed E-state index contributed by atoms with van der Waals surface area (Å²) in [5, 5.41) is 0. The van der Waals surface area contributed by atoms with Crippen molar-refractivity contribution >= 4 is 17.3 Å². The predicted octanol–water partition coefficient (Wildman–Crippen LogP) is 5.51. The van der Waals surface area contributed by atoms with Crippen LogP contribution in [0.2, 0.25) is 0 Å². The predicted molar refractivity (Wildman–Crippen MR) is 123 cm³/mol. The Balaban J connectivity index is 1.89. The zero-order valence-corrected chi connectivity index (χ0v) is 17.8. The number of nitrogens with two attached hydrogens (primary N) is 1. The molecule has 0 radical (unpaired) electrons. The molecule has 0 unspecified atom stereocenters. The van der Waals surface area contributed by atoms with E-state index < -0.39 is 0 Å². The van der Waals surface area contributed by atoms with Crippen molar-refractivity contribution in [3.8, 4) is 11.5 Å². The molecule has 162 valence electrons. The molecule has 5 heteroatoms. The Morgan fingerprint density at radius 2 is 1.39 bits per heavy atom. The van der Waals surface area contributed by atoms with E-state index in [0.29, 0.717) is 41.5 Å². The Morgan fingerprint density at radius 3 is 2.03 bits per heavy atom. The van der Waals surface area contributed by atoms with Crippen LogP contribution < -0.4 is 15.2 Å². The summed E-state index contributed by atoms with van der Waals surface area (Å²) in [5.41, 5.74) is 7.57. The van der Waals surface area contributed by atoms with Crippen LogP contribution in [0.5, 0.6) is 11.5 Å². The lowest BCUT2D eigenvalue weighted by Crippen LogP contribution is -2.23. The lowest BCUT2D eigenvalue weighted by molar-refractivity contribution is 0.0972. The monoisotopic (exact) mass is 419 g/mol. The van der Waals surface area contributed by atoms with Crippen molar-refractivity contribution in [3.63, 3.8) is 0 Å². The van der Waals surface area contributed by atoms with E-state index in [-0.39, 0.29) is 22.7 Å². The molecule has 2 aromatic rings. The fourth-order valence-corrected chi connectivity index (χ4v) is 3.65. The number of carbonyl (C=O) groups excluding carboxylic acids is 2. The molecule has 0 saturated carbocycles. The summed E-state index contributed by atoms with van der Waals surface area (Å²) in [6.45, 7) is 8.32. The Bertz CT molecular complexity index is 993. The molecule has 0 spiro atoms. The highest BCUT2D eigenvalue weighted by molar-refractivity contribution is 6.30. The summed E-state index contributed by atoms with van der Waals surface area (Å²) < 4.78 is 11.8. The summed E-state index contributed by atoms with van der Waals surface area (Å²) in [5.74, 6) is 0.255. The topological polar surface area (TPSA) is 78.6 Å². The van der Waals surface area contributed by atoms with E-state index >= 15 is 0 Å². The smallest absolute Gasteiger partial charge is 0.201 e. The number of fused-ring (bicyclic) bond motifs is 2. The maximum absolute atomic E-state index is 13.5. The van der Waals surface area contributed by atoms with Crippen molar-refractivity contribution < 1.29 is 19.1 Å². The molecule has 1 aliphatic rings. The summed E-state index contributed by atoms with van der Waals surface area (Å²) in [7, 11) is 0. The van der Waals surface area contributed by atoms with Crippen LogP contribution in [-0.4, -0.2) is 24.8 Å². The van der Waals surface area contributed by atoms with Gasteiger partial charge >= 0.3 is 0 Å². The molecule has 31 heavy (non-hydrogen) atoms. The maximum Gasteiger partial charge on any atom is 0.201 e. The molecule has 2 aromatic carbocycles. The molecule has 2 N–H and O–H groups in total. The van der Waals surface area contributed by atoms with Crippen molar-refractivity contribution in [2.24, 2.45) is 0 Å². The standard InChI is InChI=1S/C26H29NO4/c1-3-5-7-9-14-30-21-13-11-12-19-23(21)26(29)24-20(25(19)28)16-18(27)17-22(24)31-15-10-8-6-4-2/h3-4,11-13,16-17H,1-2,5-10,14-15,27H2. The van der Waals surface area contributed by atoms with Gasteiger partial charge in [0.25, 0.3) is 0 Å². The van der Waals surface area contributed by atoms with Gasteiger partial charge in [0.1, 0.15) is 11.5 Å². The number of ketones is 2. The van der Waals surface area contributed by atoms with E-state index in [1.165, 1.54) is 0 Å². The average Bonchev–Trinajstić information content (AvgIpc) is 2.76. The summed E-state index contributed by atoms with van der Waals surface area (Å²) >= 11 is 0. The van der Waals surface area contributed by atoms with Crippen LogP contribution in [0.25, 0.3) is 0 Å². The minimum atomic E-state index is -0.271. The Morgan fingerprint density at radius 1 is 0.774 bits per heavy atom. The van der Waals surface area contributed by atoms with Crippen LogP contribution in [0.15, 0.2) is 55.6 Å². The normalized spacial score (nSPS) is 12.1. The molecule has 0 bridgehead atoms. The van der Waals surface area contributed by atoms with Gasteiger partial charge in [-0.2, -0.15) is 0 Å². The highest BCUT2D eigenvalue weighted by Gasteiger charge is 2.35. The summed E-state index contributed by atoms with van der Waals surface area (Å²) in [4.78, 5) is 26.7. The molecule has 0 saturated heterocycles. The third-order valence-corrected chi connectivity index (χ3v) is 5.21. The van der Waals surface area contributed by atoms with E-state index in [1.807, 2.05) is 12.2 Å². The molecule has 0 atom stereocenters. The third-order valence-electron chi connectivity index (χ3n) is 5.21. The van der Waals surface area contributed by atoms with Crippen molar-refractivity contribution in [2.75, 3.05) is 18.9 Å². The van der Waals surface area contributed by atoms with Crippen LogP contribution in [0.1, 0.15) is 70.4 Å². The zero-order valence-electron chi connectivity index (χ0n) is 17.8. The average molecular weight is 420 g/mol. The van der Waals surface area contributed by atoms with Crippen LogP contribution in [0, 0.1) is 0 Å². The Labute approximate surface area is 183 Å². The van der Waals surface area contributed by atoms with Gasteiger partial charge in [-0.1, -0.05) is 24.3 Å². The highest BCUT2D eigenvalue weighted by Crippen LogP contribution is 2.38. The first kappa shape index (κ1) is 22.3. The molecular formula is C26H29NO4. The molecule has 1 aliphatic carbocycles. The number of anilines is 1. The molecule has 0 fully saturated rings. The lowest BCUT2D eigenvalue weighted by Gasteiger charge is -2.23. The highest BCUT2D eigenvalue weighted by atomic mass is 16.5. The van der Waals surface area contributed by atoms with Crippen molar-refractivity contribution in [1.82, 2.24) is 0 Å². The maximum atomic E-state index is 13.5. The number of benzene rings is 2. The largest absolute Gasteiger partial charge is 0.493 e. The molecule has 0 aromatic heterocycles. The van der Waals surface area contributed by atoms with Gasteiger partial charge in [-0.3, -0.25) is 9.59 Å². The fourth-order valence-electron chi connectivity index (χ4n) is 3.65. The van der Waals surface area contributed by atoms with Gasteiger partial charge in [0.15, 0.2) is 5.78 Å². The van der Waals surface area contributed by atoms with Gasteiger partial charge in [-0.05, 0) is 50.7 Å². The van der Waals surface area contributed by atoms with Gasteiger partial charge < -0.3 is 15.2 Å². The minimum Gasteiger partial charge on any atom is -0.493 e. The second kappa shape index (κ2) is 10.6. The van der Waals surface area contributed by atoms with Crippen LogP contribution >= 0.6 is 0 Å². The molecule has 5 nitrogen and oxygen atoms in total. The van der Waals surface area contributed by atoms with Gasteiger partial charge in [0.05, 0.1) is 24.3 Å². The first-order valence-corrected chi connectivity index (χ1v) is 10.7. The Hall–Kier alpha value is -3.34. The van der Waals surface area contributed by atoms with E-state index in [4.69, 9.17) is 15.2 Å². The van der Waals surface area contributed by atoms with E-state index in [0.717, 1.165) is 38.5 Å². The number of ether oxygens (including phenoxy) is 2. The van der Waals surface area contributed by atoms with Gasteiger partial charge in [0, 0.05) is 22.9 Å². The van der Waals surface area contributed by atoms with E-state index in [2.05, 4.69) is 13.2 Å². The zero-order chi connectivity index (χ0) is 22.2.